The molecule has 0 fully saturated rings. The summed E-state index contributed by atoms with van der Waals surface area (Å²) in [7, 11) is -4.47. The molecule has 0 spiro atoms. The minimum Gasteiger partial charge on any atom is -0.259 e. The van der Waals surface area contributed by atoms with Crippen molar-refractivity contribution in [1.82, 2.24) is 0 Å². The van der Waals surface area contributed by atoms with Crippen molar-refractivity contribution in [3.63, 3.8) is 0 Å². The zero-order valence-electron chi connectivity index (χ0n) is 12.2. The number of rotatable bonds is 6. The van der Waals surface area contributed by atoms with Gasteiger partial charge in [0.1, 0.15) is 11.6 Å². The smallest absolute Gasteiger partial charge is 0.259 e. The van der Waals surface area contributed by atoms with Crippen LogP contribution in [-0.4, -0.2) is 19.9 Å². The maximum absolute atomic E-state index is 14.0. The van der Waals surface area contributed by atoms with E-state index in [0.29, 0.717) is 10.4 Å². The van der Waals surface area contributed by atoms with E-state index in [1.807, 2.05) is 0 Å². The summed E-state index contributed by atoms with van der Waals surface area (Å²) in [6, 6.07) is 7.07. The molecule has 0 aromatic heterocycles. The van der Waals surface area contributed by atoms with Crippen LogP contribution in [0.5, 0.6) is 0 Å². The first kappa shape index (κ1) is 17.5. The van der Waals surface area contributed by atoms with Gasteiger partial charge < -0.3 is 0 Å². The monoisotopic (exact) mass is 354 g/mol. The van der Waals surface area contributed by atoms with Crippen LogP contribution < -0.4 is 4.31 Å². The van der Waals surface area contributed by atoms with E-state index >= 15 is 0 Å². The normalized spacial score (nSPS) is 11.1. The molecule has 0 heterocycles. The molecule has 2 aromatic rings. The number of benzene rings is 2. The fourth-order valence-corrected chi connectivity index (χ4v) is 3.68. The molecule has 0 atom stereocenters. The average molecular weight is 354 g/mol. The predicted molar refractivity (Wildman–Crippen MR) is 84.2 cm³/mol. The Kier molecular flexibility index (Phi) is 4.93. The van der Waals surface area contributed by atoms with Crippen LogP contribution in [0.15, 0.2) is 60.0 Å². The van der Waals surface area contributed by atoms with E-state index in [1.165, 1.54) is 18.2 Å². The van der Waals surface area contributed by atoms with Crippen molar-refractivity contribution in [2.45, 2.75) is 4.90 Å². The van der Waals surface area contributed by atoms with Gasteiger partial charge in [0.05, 0.1) is 17.2 Å². The maximum Gasteiger partial charge on any atom is 0.289 e. The highest BCUT2D eigenvalue weighted by molar-refractivity contribution is 7.93. The van der Waals surface area contributed by atoms with Gasteiger partial charge in [-0.2, -0.15) is 0 Å². The molecule has 2 aromatic carbocycles. The molecule has 0 amide bonds. The lowest BCUT2D eigenvalue weighted by Gasteiger charge is -2.23. The first-order valence-corrected chi connectivity index (χ1v) is 8.05. The number of halogens is 2. The van der Waals surface area contributed by atoms with Crippen LogP contribution in [0.1, 0.15) is 0 Å². The lowest BCUT2D eigenvalue weighted by atomic mass is 10.3. The SMILES string of the molecule is C=CCN(c1ccc(F)cc1F)S(=O)(=O)c1ccccc1[N+](=O)[O-]. The number of hydrogen-bond donors (Lipinski definition) is 0. The lowest BCUT2D eigenvalue weighted by Crippen LogP contribution is -2.32. The summed E-state index contributed by atoms with van der Waals surface area (Å²) < 4.78 is 53.3. The van der Waals surface area contributed by atoms with Crippen LogP contribution in [0.25, 0.3) is 0 Å². The van der Waals surface area contributed by atoms with Gasteiger partial charge >= 0.3 is 0 Å². The zero-order chi connectivity index (χ0) is 17.9. The van der Waals surface area contributed by atoms with E-state index < -0.39 is 42.9 Å². The highest BCUT2D eigenvalue weighted by atomic mass is 32.2. The molecule has 0 aliphatic heterocycles. The second-order valence-corrected chi connectivity index (χ2v) is 6.48. The van der Waals surface area contributed by atoms with Gasteiger partial charge in [-0.15, -0.1) is 6.58 Å². The van der Waals surface area contributed by atoms with Crippen LogP contribution in [0, 0.1) is 21.7 Å². The third-order valence-corrected chi connectivity index (χ3v) is 4.93. The third-order valence-electron chi connectivity index (χ3n) is 3.10. The molecule has 9 heteroatoms. The van der Waals surface area contributed by atoms with Crippen molar-refractivity contribution in [2.75, 3.05) is 10.8 Å². The van der Waals surface area contributed by atoms with Crippen molar-refractivity contribution in [3.8, 4) is 0 Å². The standard InChI is InChI=1S/C15H12F2N2O4S/c1-2-9-18(13-8-7-11(16)10-12(13)17)24(22,23)15-6-4-3-5-14(15)19(20)21/h2-8,10H,1,9H2. The second-order valence-electron chi connectivity index (χ2n) is 4.65. The molecule has 6 nitrogen and oxygen atoms in total. The molecule has 0 aliphatic carbocycles. The number of anilines is 1. The van der Waals surface area contributed by atoms with Gasteiger partial charge in [-0.3, -0.25) is 14.4 Å². The van der Waals surface area contributed by atoms with Crippen molar-refractivity contribution in [3.05, 3.63) is 76.9 Å². The molecule has 126 valence electrons. The van der Waals surface area contributed by atoms with Gasteiger partial charge in [-0.25, -0.2) is 17.2 Å². The van der Waals surface area contributed by atoms with E-state index in [4.69, 9.17) is 0 Å². The molecule has 0 radical (unpaired) electrons. The number of nitro benzene ring substituents is 1. The minimum atomic E-state index is -4.47. The van der Waals surface area contributed by atoms with Crippen molar-refractivity contribution in [1.29, 1.82) is 0 Å². The molecule has 0 bridgehead atoms. The Labute approximate surface area is 136 Å². The predicted octanol–water partition coefficient (Wildman–Crippen LogP) is 3.25. The fraction of sp³-hybridized carbons (Fsp3) is 0.0667. The Hall–Kier alpha value is -2.81. The van der Waals surface area contributed by atoms with E-state index in [2.05, 4.69) is 6.58 Å². The van der Waals surface area contributed by atoms with Crippen molar-refractivity contribution < 1.29 is 22.1 Å². The van der Waals surface area contributed by atoms with Gasteiger partial charge in [0.15, 0.2) is 4.90 Å². The van der Waals surface area contributed by atoms with Gasteiger partial charge in [0.2, 0.25) is 0 Å². The highest BCUT2D eigenvalue weighted by Crippen LogP contribution is 2.31. The van der Waals surface area contributed by atoms with E-state index in [0.717, 1.165) is 24.3 Å². The molecule has 0 saturated carbocycles. The fourth-order valence-electron chi connectivity index (χ4n) is 2.07. The van der Waals surface area contributed by atoms with Crippen LogP contribution in [0.3, 0.4) is 0 Å². The first-order valence-electron chi connectivity index (χ1n) is 6.61. The number of nitro groups is 1. The molecule has 0 saturated heterocycles. The summed E-state index contributed by atoms with van der Waals surface area (Å²) in [6.45, 7) is 3.05. The summed E-state index contributed by atoms with van der Waals surface area (Å²) in [5.41, 5.74) is -1.08. The van der Waals surface area contributed by atoms with Crippen LogP contribution in [0.2, 0.25) is 0 Å². The van der Waals surface area contributed by atoms with Gasteiger partial charge in [-0.1, -0.05) is 18.2 Å². The molecule has 0 aliphatic rings. The van der Waals surface area contributed by atoms with E-state index in [9.17, 15) is 27.3 Å². The number of nitrogens with zero attached hydrogens (tertiary/aromatic N) is 2. The first-order chi connectivity index (χ1) is 11.3. The Balaban J connectivity index is 2.67. The molecule has 0 N–H and O–H groups in total. The quantitative estimate of drug-likeness (QED) is 0.453. The molecular formula is C15H12F2N2O4S. The number of para-hydroxylation sites is 1. The van der Waals surface area contributed by atoms with E-state index in [1.54, 1.807) is 0 Å². The topological polar surface area (TPSA) is 80.5 Å². The number of sulfonamides is 1. The van der Waals surface area contributed by atoms with E-state index in [-0.39, 0.29) is 6.54 Å². The highest BCUT2D eigenvalue weighted by Gasteiger charge is 2.32. The Bertz CT molecular complexity index is 900. The summed E-state index contributed by atoms with van der Waals surface area (Å²) >= 11 is 0. The van der Waals surface area contributed by atoms with Gasteiger partial charge in [0.25, 0.3) is 15.7 Å². The van der Waals surface area contributed by atoms with Gasteiger partial charge in [0, 0.05) is 12.1 Å². The second kappa shape index (κ2) is 6.75. The Morgan fingerprint density at radius 2 is 1.88 bits per heavy atom. The van der Waals surface area contributed by atoms with Gasteiger partial charge in [-0.05, 0) is 18.2 Å². The van der Waals surface area contributed by atoms with Crippen LogP contribution in [0.4, 0.5) is 20.2 Å². The average Bonchev–Trinajstić information content (AvgIpc) is 2.53. The van der Waals surface area contributed by atoms with Crippen molar-refractivity contribution >= 4 is 21.4 Å². The maximum atomic E-state index is 14.0. The van der Waals surface area contributed by atoms with Crippen LogP contribution >= 0.6 is 0 Å². The van der Waals surface area contributed by atoms with Crippen molar-refractivity contribution in [2.24, 2.45) is 0 Å². The number of hydrogen-bond acceptors (Lipinski definition) is 4. The summed E-state index contributed by atoms with van der Waals surface area (Å²) in [5, 5.41) is 11.1. The lowest BCUT2D eigenvalue weighted by molar-refractivity contribution is -0.387. The summed E-state index contributed by atoms with van der Waals surface area (Å²) in [6.07, 6.45) is 1.19. The molecule has 0 unspecified atom stereocenters. The molecular weight excluding hydrogens is 342 g/mol. The largest absolute Gasteiger partial charge is 0.289 e. The summed E-state index contributed by atoms with van der Waals surface area (Å²) in [5.74, 6) is -1.99. The Morgan fingerprint density at radius 3 is 2.46 bits per heavy atom. The molecule has 2 rings (SSSR count). The summed E-state index contributed by atoms with van der Waals surface area (Å²) in [4.78, 5) is 9.63. The minimum absolute atomic E-state index is 0.350. The zero-order valence-corrected chi connectivity index (χ0v) is 13.0. The van der Waals surface area contributed by atoms with Crippen LogP contribution in [-0.2, 0) is 10.0 Å². The third kappa shape index (κ3) is 3.25. The Morgan fingerprint density at radius 1 is 1.21 bits per heavy atom. The molecule has 24 heavy (non-hydrogen) atoms.